The molecule has 7 rings (SSSR count). The van der Waals surface area contributed by atoms with Crippen molar-refractivity contribution < 1.29 is 4.79 Å². The number of aliphatic imine (C=N–C) groups is 1. The van der Waals surface area contributed by atoms with E-state index in [0.717, 1.165) is 18.6 Å². The number of rotatable bonds is 6. The highest BCUT2D eigenvalue weighted by Gasteiger charge is 2.98. The van der Waals surface area contributed by atoms with E-state index in [2.05, 4.69) is 83.6 Å². The normalized spacial score (nSPS) is 40.5. The Labute approximate surface area is 201 Å². The van der Waals surface area contributed by atoms with Crippen LogP contribution in [0.4, 0.5) is 0 Å². The first-order valence-electron chi connectivity index (χ1n) is 13.0. The summed E-state index contributed by atoms with van der Waals surface area (Å²) in [4.78, 5) is 18.3. The van der Waals surface area contributed by atoms with Crippen molar-refractivity contribution >= 4 is 23.9 Å². The summed E-state index contributed by atoms with van der Waals surface area (Å²) in [5.41, 5.74) is 3.19. The Morgan fingerprint density at radius 3 is 2.36 bits per heavy atom. The van der Waals surface area contributed by atoms with Crippen LogP contribution in [0.2, 0.25) is 0 Å². The molecule has 0 N–H and O–H groups in total. The van der Waals surface area contributed by atoms with Gasteiger partial charge in [0.05, 0.1) is 5.41 Å². The molecule has 2 aromatic carbocycles. The number of carbonyl (C=O) groups is 1. The highest BCUT2D eigenvalue weighted by atomic mass is 32.2. The maximum absolute atomic E-state index is 13.7. The second kappa shape index (κ2) is 7.31. The average molecular weight is 456 g/mol. The second-order valence-electron chi connectivity index (χ2n) is 11.4. The number of hydrogen-bond acceptors (Lipinski definition) is 2. The highest BCUT2D eigenvalue weighted by Crippen LogP contribution is 2.98. The molecular formula is C30H33NOS. The van der Waals surface area contributed by atoms with E-state index in [1.807, 2.05) is 0 Å². The lowest BCUT2D eigenvalue weighted by Crippen LogP contribution is -2.96. The van der Waals surface area contributed by atoms with E-state index in [0.29, 0.717) is 23.0 Å². The second-order valence-corrected chi connectivity index (χ2v) is 12.6. The molecule has 0 aliphatic heterocycles. The predicted octanol–water partition coefficient (Wildman–Crippen LogP) is 6.83. The molecule has 33 heavy (non-hydrogen) atoms. The van der Waals surface area contributed by atoms with Crippen molar-refractivity contribution in [3.05, 3.63) is 71.8 Å². The summed E-state index contributed by atoms with van der Waals surface area (Å²) >= 11 is 2.15. The van der Waals surface area contributed by atoms with Crippen LogP contribution in [-0.4, -0.2) is 17.4 Å². The zero-order valence-corrected chi connectivity index (χ0v) is 20.1. The summed E-state index contributed by atoms with van der Waals surface area (Å²) in [6.45, 7) is 0. The van der Waals surface area contributed by atoms with Gasteiger partial charge in [-0.3, -0.25) is 4.79 Å². The molecule has 1 spiro atoms. The summed E-state index contributed by atoms with van der Waals surface area (Å²) in [7, 11) is 0. The number of nitrogens with zero attached hydrogens (tertiary/aromatic N) is 1. The van der Waals surface area contributed by atoms with E-state index in [1.165, 1.54) is 49.7 Å². The maximum Gasteiger partial charge on any atom is 0.252 e. The van der Waals surface area contributed by atoms with Crippen LogP contribution in [0.3, 0.4) is 0 Å². The summed E-state index contributed by atoms with van der Waals surface area (Å²) < 4.78 is 0. The lowest BCUT2D eigenvalue weighted by atomic mass is 9.07. The van der Waals surface area contributed by atoms with Crippen LogP contribution in [0.25, 0.3) is 0 Å². The molecule has 0 heterocycles. The molecule has 0 aromatic heterocycles. The number of hydrogen-bond donors (Lipinski definition) is 0. The van der Waals surface area contributed by atoms with E-state index in [1.54, 1.807) is 0 Å². The zero-order chi connectivity index (χ0) is 22.1. The monoisotopic (exact) mass is 455 g/mol. The van der Waals surface area contributed by atoms with Crippen LogP contribution in [0.1, 0.15) is 62.5 Å². The van der Waals surface area contributed by atoms with Crippen molar-refractivity contribution in [1.29, 1.82) is 0 Å². The van der Waals surface area contributed by atoms with E-state index in [9.17, 15) is 4.79 Å². The Morgan fingerprint density at radius 2 is 1.64 bits per heavy atom. The molecule has 5 aliphatic rings. The first-order chi connectivity index (χ1) is 16.2. The Kier molecular flexibility index (Phi) is 4.54. The van der Waals surface area contributed by atoms with Crippen molar-refractivity contribution in [2.75, 3.05) is 0 Å². The van der Waals surface area contributed by atoms with Crippen molar-refractivity contribution in [1.82, 2.24) is 0 Å². The molecule has 5 fully saturated rings. The van der Waals surface area contributed by atoms with Crippen LogP contribution < -0.4 is 0 Å². The number of carbonyl (C=O) groups excluding carboxylic acids is 1. The largest absolute Gasteiger partial charge is 0.272 e. The molecule has 3 heteroatoms. The fourth-order valence-electron chi connectivity index (χ4n) is 9.19. The van der Waals surface area contributed by atoms with Crippen LogP contribution in [0.5, 0.6) is 0 Å². The smallest absolute Gasteiger partial charge is 0.252 e. The number of benzene rings is 2. The molecule has 5 aliphatic carbocycles. The Balaban J connectivity index is 1.14. The van der Waals surface area contributed by atoms with E-state index in [4.69, 9.17) is 0 Å². The number of amides is 1. The molecule has 6 unspecified atom stereocenters. The minimum absolute atomic E-state index is 0.161. The zero-order valence-electron chi connectivity index (χ0n) is 19.3. The fraction of sp³-hybridized carbons (Fsp3) is 0.533. The van der Waals surface area contributed by atoms with Crippen molar-refractivity contribution in [2.45, 2.75) is 67.8 Å². The Morgan fingerprint density at radius 1 is 0.939 bits per heavy atom. The highest BCUT2D eigenvalue weighted by molar-refractivity contribution is 7.99. The fourth-order valence-corrected chi connectivity index (χ4v) is 10.9. The van der Waals surface area contributed by atoms with Crippen LogP contribution in [0.15, 0.2) is 65.7 Å². The summed E-state index contributed by atoms with van der Waals surface area (Å²) in [6.07, 6.45) is 11.8. The van der Waals surface area contributed by atoms with Gasteiger partial charge in [-0.15, -0.1) is 0 Å². The Bertz CT molecular complexity index is 1080. The Hall–Kier alpha value is -1.87. The van der Waals surface area contributed by atoms with E-state index >= 15 is 0 Å². The molecular weight excluding hydrogens is 422 g/mol. The molecule has 6 atom stereocenters. The van der Waals surface area contributed by atoms with Gasteiger partial charge in [0.2, 0.25) is 0 Å². The summed E-state index contributed by atoms with van der Waals surface area (Å²) in [5, 5.41) is 0.714. The molecule has 1 amide bonds. The third-order valence-electron chi connectivity index (χ3n) is 10.4. The van der Waals surface area contributed by atoms with Gasteiger partial charge in [0.15, 0.2) is 0 Å². The molecule has 0 saturated heterocycles. The standard InChI is InChI=1S/C30H33NOS/c32-27(31-18-21-10-4-1-5-11-21)29-17-25-26(33-19-22-12-6-2-7-13-22)24-16-28(20-29,30(24,25)29)23-14-8-3-9-15-23/h2-3,6-9,12-15,18,21,24-26H,1,4-5,10-11,16-17,19-20H2/b31-18+. The predicted molar refractivity (Wildman–Crippen MR) is 135 cm³/mol. The molecule has 0 bridgehead atoms. The topological polar surface area (TPSA) is 29.4 Å². The third-order valence-corrected chi connectivity index (χ3v) is 11.9. The first kappa shape index (κ1) is 20.5. The van der Waals surface area contributed by atoms with Crippen LogP contribution in [-0.2, 0) is 16.0 Å². The third kappa shape index (κ3) is 2.48. The minimum Gasteiger partial charge on any atom is -0.272 e. The van der Waals surface area contributed by atoms with Crippen molar-refractivity contribution in [3.8, 4) is 0 Å². The van der Waals surface area contributed by atoms with Gasteiger partial charge in [0.1, 0.15) is 0 Å². The molecule has 2 nitrogen and oxygen atoms in total. The van der Waals surface area contributed by atoms with Gasteiger partial charge in [-0.2, -0.15) is 11.8 Å². The van der Waals surface area contributed by atoms with Gasteiger partial charge in [-0.05, 0) is 61.0 Å². The maximum atomic E-state index is 13.7. The van der Waals surface area contributed by atoms with Gasteiger partial charge in [-0.25, -0.2) is 4.99 Å². The molecule has 5 saturated carbocycles. The summed E-state index contributed by atoms with van der Waals surface area (Å²) in [5.74, 6) is 3.22. The SMILES string of the molecule is O=C(/N=C/C1CCCCC1)C12CC3C(SCc4ccccc4)C4CC(c5ccccc5)(C1)C342. The van der Waals surface area contributed by atoms with Gasteiger partial charge in [0.25, 0.3) is 5.91 Å². The van der Waals surface area contributed by atoms with Crippen molar-refractivity contribution in [3.63, 3.8) is 0 Å². The quantitative estimate of drug-likeness (QED) is 0.447. The first-order valence-corrected chi connectivity index (χ1v) is 14.1. The van der Waals surface area contributed by atoms with Gasteiger partial charge in [0, 0.05) is 28.0 Å². The van der Waals surface area contributed by atoms with Crippen LogP contribution in [0, 0.1) is 28.6 Å². The molecule has 2 aromatic rings. The lowest BCUT2D eigenvalue weighted by Gasteiger charge is -2.96. The average Bonchev–Trinajstić information content (AvgIpc) is 2.83. The van der Waals surface area contributed by atoms with Gasteiger partial charge in [-0.1, -0.05) is 79.9 Å². The van der Waals surface area contributed by atoms with E-state index < -0.39 is 0 Å². The number of thioether (sulfide) groups is 1. The lowest BCUT2D eigenvalue weighted by molar-refractivity contribution is -0.424. The molecule has 0 radical (unpaired) electrons. The van der Waals surface area contributed by atoms with Crippen molar-refractivity contribution in [2.24, 2.45) is 33.6 Å². The minimum atomic E-state index is -0.161. The van der Waals surface area contributed by atoms with Gasteiger partial charge < -0.3 is 0 Å². The van der Waals surface area contributed by atoms with E-state index in [-0.39, 0.29) is 22.2 Å². The summed E-state index contributed by atoms with van der Waals surface area (Å²) in [6, 6.07) is 22.0. The van der Waals surface area contributed by atoms with Crippen LogP contribution >= 0.6 is 11.8 Å². The molecule has 170 valence electrons. The van der Waals surface area contributed by atoms with Gasteiger partial charge >= 0.3 is 0 Å².